The van der Waals surface area contributed by atoms with Crippen molar-refractivity contribution < 1.29 is 9.53 Å². The van der Waals surface area contributed by atoms with Gasteiger partial charge in [-0.15, -0.1) is 11.3 Å². The molecule has 20 heavy (non-hydrogen) atoms. The molecule has 0 spiro atoms. The van der Waals surface area contributed by atoms with Crippen LogP contribution in [0.4, 0.5) is 10.5 Å². The monoisotopic (exact) mass is 354 g/mol. The van der Waals surface area contributed by atoms with Crippen molar-refractivity contribution in [2.24, 2.45) is 0 Å². The SMILES string of the molecule is Cc1cc(NC(=O)OC(C)C)ccc1-c1ncc(Br)s1. The smallest absolute Gasteiger partial charge is 0.411 e. The van der Waals surface area contributed by atoms with Crippen molar-refractivity contribution in [3.63, 3.8) is 0 Å². The van der Waals surface area contributed by atoms with Crippen LogP contribution in [0.2, 0.25) is 0 Å². The molecule has 0 saturated carbocycles. The predicted molar refractivity (Wildman–Crippen MR) is 85.2 cm³/mol. The van der Waals surface area contributed by atoms with Crippen molar-refractivity contribution in [3.05, 3.63) is 33.7 Å². The first-order valence-corrected chi connectivity index (χ1v) is 7.76. The number of amides is 1. The van der Waals surface area contributed by atoms with Gasteiger partial charge in [0.15, 0.2) is 0 Å². The summed E-state index contributed by atoms with van der Waals surface area (Å²) in [6.07, 6.45) is 1.21. The first-order chi connectivity index (χ1) is 9.45. The molecule has 0 unspecified atom stereocenters. The van der Waals surface area contributed by atoms with E-state index in [-0.39, 0.29) is 6.10 Å². The van der Waals surface area contributed by atoms with E-state index in [9.17, 15) is 4.79 Å². The Morgan fingerprint density at radius 1 is 1.45 bits per heavy atom. The number of hydrogen-bond donors (Lipinski definition) is 1. The number of anilines is 1. The molecular weight excluding hydrogens is 340 g/mol. The number of rotatable bonds is 3. The van der Waals surface area contributed by atoms with Crippen LogP contribution in [0, 0.1) is 6.92 Å². The Labute approximate surface area is 130 Å². The number of aromatic nitrogens is 1. The lowest BCUT2D eigenvalue weighted by atomic mass is 10.1. The van der Waals surface area contributed by atoms with Gasteiger partial charge < -0.3 is 4.74 Å². The molecule has 6 heteroatoms. The van der Waals surface area contributed by atoms with Gasteiger partial charge in [0.05, 0.1) is 16.1 Å². The minimum absolute atomic E-state index is 0.136. The van der Waals surface area contributed by atoms with E-state index in [4.69, 9.17) is 4.74 Å². The lowest BCUT2D eigenvalue weighted by Crippen LogP contribution is -2.17. The molecule has 0 fully saturated rings. The highest BCUT2D eigenvalue weighted by molar-refractivity contribution is 9.11. The van der Waals surface area contributed by atoms with E-state index in [1.54, 1.807) is 17.5 Å². The Morgan fingerprint density at radius 2 is 2.20 bits per heavy atom. The van der Waals surface area contributed by atoms with Gasteiger partial charge in [-0.2, -0.15) is 0 Å². The largest absolute Gasteiger partial charge is 0.447 e. The van der Waals surface area contributed by atoms with E-state index < -0.39 is 6.09 Å². The fourth-order valence-corrected chi connectivity index (χ4v) is 3.02. The van der Waals surface area contributed by atoms with E-state index in [2.05, 4.69) is 26.2 Å². The number of aryl methyl sites for hydroxylation is 1. The maximum absolute atomic E-state index is 11.5. The second-order valence-corrected chi connectivity index (χ2v) is 6.99. The second kappa shape index (κ2) is 6.37. The summed E-state index contributed by atoms with van der Waals surface area (Å²) in [5, 5.41) is 3.66. The molecule has 4 nitrogen and oxygen atoms in total. The zero-order valence-corrected chi connectivity index (χ0v) is 13.8. The molecular formula is C14H15BrN2O2S. The molecule has 0 aliphatic heterocycles. The number of halogens is 1. The van der Waals surface area contributed by atoms with Crippen molar-refractivity contribution in [2.45, 2.75) is 26.9 Å². The normalized spacial score (nSPS) is 10.7. The third kappa shape index (κ3) is 3.80. The molecule has 106 valence electrons. The Bertz CT molecular complexity index is 625. The molecule has 0 aliphatic carbocycles. The van der Waals surface area contributed by atoms with Crippen molar-refractivity contribution in [2.75, 3.05) is 5.32 Å². The molecule has 0 saturated heterocycles. The quantitative estimate of drug-likeness (QED) is 0.857. The van der Waals surface area contributed by atoms with Crippen LogP contribution in [0.3, 0.4) is 0 Å². The van der Waals surface area contributed by atoms with Crippen LogP contribution < -0.4 is 5.32 Å². The summed E-state index contributed by atoms with van der Waals surface area (Å²) in [5.41, 5.74) is 2.82. The Morgan fingerprint density at radius 3 is 2.75 bits per heavy atom. The van der Waals surface area contributed by atoms with Gasteiger partial charge in [-0.05, 0) is 60.5 Å². The van der Waals surface area contributed by atoms with E-state index >= 15 is 0 Å². The number of benzene rings is 1. The number of ether oxygens (including phenoxy) is 1. The summed E-state index contributed by atoms with van der Waals surface area (Å²) < 4.78 is 6.04. The zero-order valence-electron chi connectivity index (χ0n) is 11.4. The van der Waals surface area contributed by atoms with Crippen LogP contribution in [-0.4, -0.2) is 17.2 Å². The average Bonchev–Trinajstić information content (AvgIpc) is 2.74. The first-order valence-electron chi connectivity index (χ1n) is 6.15. The molecule has 1 aromatic carbocycles. The fraction of sp³-hybridized carbons (Fsp3) is 0.286. The number of carbonyl (C=O) groups is 1. The summed E-state index contributed by atoms with van der Waals surface area (Å²) in [6, 6.07) is 5.71. The second-order valence-electron chi connectivity index (χ2n) is 4.58. The van der Waals surface area contributed by atoms with E-state index in [1.165, 1.54) is 0 Å². The predicted octanol–water partition coefficient (Wildman–Crippen LogP) is 4.84. The topological polar surface area (TPSA) is 51.2 Å². The Kier molecular flexibility index (Phi) is 4.77. The number of carbonyl (C=O) groups excluding carboxylic acids is 1. The van der Waals surface area contributed by atoms with Crippen LogP contribution in [0.25, 0.3) is 10.6 Å². The number of nitrogens with zero attached hydrogens (tertiary/aromatic N) is 1. The van der Waals surface area contributed by atoms with Gasteiger partial charge in [0.1, 0.15) is 5.01 Å². The van der Waals surface area contributed by atoms with Gasteiger partial charge in [0.2, 0.25) is 0 Å². The molecule has 0 bridgehead atoms. The van der Waals surface area contributed by atoms with Gasteiger partial charge in [-0.3, -0.25) is 5.32 Å². The van der Waals surface area contributed by atoms with Gasteiger partial charge >= 0.3 is 6.09 Å². The van der Waals surface area contributed by atoms with Crippen LogP contribution in [0.1, 0.15) is 19.4 Å². The van der Waals surface area contributed by atoms with Gasteiger partial charge in [0.25, 0.3) is 0 Å². The summed E-state index contributed by atoms with van der Waals surface area (Å²) in [6.45, 7) is 5.62. The standard InChI is InChI=1S/C14H15BrN2O2S/c1-8(2)19-14(18)17-10-4-5-11(9(3)6-10)13-16-7-12(15)20-13/h4-8H,1-3H3,(H,17,18). The van der Waals surface area contributed by atoms with Gasteiger partial charge in [-0.1, -0.05) is 0 Å². The molecule has 0 atom stereocenters. The molecule has 0 radical (unpaired) electrons. The molecule has 0 aliphatic rings. The lowest BCUT2D eigenvalue weighted by molar-refractivity contribution is 0.130. The van der Waals surface area contributed by atoms with Crippen molar-refractivity contribution in [1.82, 2.24) is 4.98 Å². The van der Waals surface area contributed by atoms with Crippen LogP contribution in [-0.2, 0) is 4.74 Å². The van der Waals surface area contributed by atoms with Crippen LogP contribution in [0.15, 0.2) is 28.2 Å². The van der Waals surface area contributed by atoms with Crippen LogP contribution >= 0.6 is 27.3 Å². The van der Waals surface area contributed by atoms with E-state index in [0.29, 0.717) is 5.69 Å². The zero-order chi connectivity index (χ0) is 14.7. The highest BCUT2D eigenvalue weighted by Gasteiger charge is 2.09. The highest BCUT2D eigenvalue weighted by Crippen LogP contribution is 2.31. The van der Waals surface area contributed by atoms with Crippen LogP contribution in [0.5, 0.6) is 0 Å². The lowest BCUT2D eigenvalue weighted by Gasteiger charge is -2.11. The Balaban J connectivity index is 2.16. The third-order valence-corrected chi connectivity index (χ3v) is 4.03. The third-order valence-electron chi connectivity index (χ3n) is 2.52. The maximum Gasteiger partial charge on any atom is 0.411 e. The molecule has 2 rings (SSSR count). The number of thiazole rings is 1. The summed E-state index contributed by atoms with van der Waals surface area (Å²) in [4.78, 5) is 15.9. The summed E-state index contributed by atoms with van der Waals surface area (Å²) in [7, 11) is 0. The fourth-order valence-electron chi connectivity index (χ4n) is 1.72. The number of nitrogens with one attached hydrogen (secondary N) is 1. The maximum atomic E-state index is 11.5. The van der Waals surface area contributed by atoms with E-state index in [1.807, 2.05) is 39.0 Å². The van der Waals surface area contributed by atoms with Crippen molar-refractivity contribution in [3.8, 4) is 10.6 Å². The van der Waals surface area contributed by atoms with Gasteiger partial charge in [-0.25, -0.2) is 9.78 Å². The van der Waals surface area contributed by atoms with Gasteiger partial charge in [0, 0.05) is 11.3 Å². The first kappa shape index (κ1) is 15.0. The molecule has 1 N–H and O–H groups in total. The van der Waals surface area contributed by atoms with Crippen molar-refractivity contribution >= 4 is 39.0 Å². The molecule has 1 heterocycles. The average molecular weight is 355 g/mol. The Hall–Kier alpha value is -1.40. The number of hydrogen-bond acceptors (Lipinski definition) is 4. The van der Waals surface area contributed by atoms with Crippen molar-refractivity contribution in [1.29, 1.82) is 0 Å². The molecule has 2 aromatic rings. The minimum atomic E-state index is -0.441. The minimum Gasteiger partial charge on any atom is -0.447 e. The molecule has 1 aromatic heterocycles. The summed E-state index contributed by atoms with van der Waals surface area (Å²) in [5.74, 6) is 0. The summed E-state index contributed by atoms with van der Waals surface area (Å²) >= 11 is 4.98. The highest BCUT2D eigenvalue weighted by atomic mass is 79.9. The molecule has 1 amide bonds. The van der Waals surface area contributed by atoms with E-state index in [0.717, 1.165) is 19.9 Å².